The third-order valence-corrected chi connectivity index (χ3v) is 3.80. The molecule has 3 N–H and O–H groups in total. The highest BCUT2D eigenvalue weighted by Gasteiger charge is 2.27. The lowest BCUT2D eigenvalue weighted by Crippen LogP contribution is -2.28. The van der Waals surface area contributed by atoms with Crippen LogP contribution in [0.1, 0.15) is 16.2 Å². The standard InChI is InChI=1S/C16H13BN4O3/c22-16(15-19-14(20-21-15)10-4-2-1-3-5-10)18-12-7-6-11-9-24-17(23)13(11)8-12/h1-8,23H,9H2,(H,18,22)(H,19,20,21). The molecule has 0 atom stereocenters. The summed E-state index contributed by atoms with van der Waals surface area (Å²) in [7, 11) is -0.952. The first-order chi connectivity index (χ1) is 11.7. The van der Waals surface area contributed by atoms with Crippen molar-refractivity contribution in [1.82, 2.24) is 15.2 Å². The zero-order valence-corrected chi connectivity index (χ0v) is 12.6. The number of fused-ring (bicyclic) bond motifs is 1. The van der Waals surface area contributed by atoms with Gasteiger partial charge in [0.25, 0.3) is 5.91 Å². The smallest absolute Gasteiger partial charge is 0.423 e. The van der Waals surface area contributed by atoms with Gasteiger partial charge < -0.3 is 15.0 Å². The predicted octanol–water partition coefficient (Wildman–Crippen LogP) is 0.942. The van der Waals surface area contributed by atoms with Crippen LogP contribution in [0.5, 0.6) is 0 Å². The highest BCUT2D eigenvalue weighted by atomic mass is 16.5. The minimum atomic E-state index is -0.952. The van der Waals surface area contributed by atoms with Crippen LogP contribution in [0, 0.1) is 0 Å². The number of H-pyrrole nitrogens is 1. The average Bonchev–Trinajstić information content (AvgIpc) is 3.24. The average molecular weight is 320 g/mol. The van der Waals surface area contributed by atoms with Crippen molar-refractivity contribution in [2.75, 3.05) is 5.32 Å². The summed E-state index contributed by atoms with van der Waals surface area (Å²) in [4.78, 5) is 16.5. The van der Waals surface area contributed by atoms with Crippen molar-refractivity contribution in [2.45, 2.75) is 6.61 Å². The minimum absolute atomic E-state index is 0.117. The lowest BCUT2D eigenvalue weighted by Gasteiger charge is -2.05. The molecule has 0 bridgehead atoms. The first-order valence-corrected chi connectivity index (χ1v) is 7.42. The summed E-state index contributed by atoms with van der Waals surface area (Å²) in [5, 5.41) is 19.2. The van der Waals surface area contributed by atoms with Gasteiger partial charge >= 0.3 is 7.12 Å². The SMILES string of the molecule is O=C(Nc1ccc2c(c1)B(O)OC2)c1nc(-c2ccccc2)n[nH]1. The third-order valence-electron chi connectivity index (χ3n) is 3.80. The first-order valence-electron chi connectivity index (χ1n) is 7.42. The predicted molar refractivity (Wildman–Crippen MR) is 88.6 cm³/mol. The van der Waals surface area contributed by atoms with Gasteiger partial charge in [0, 0.05) is 11.3 Å². The number of aromatic amines is 1. The van der Waals surface area contributed by atoms with Crippen LogP contribution in [0.3, 0.4) is 0 Å². The maximum Gasteiger partial charge on any atom is 0.491 e. The zero-order chi connectivity index (χ0) is 16.5. The number of hydrogen-bond donors (Lipinski definition) is 3. The molecule has 0 radical (unpaired) electrons. The monoisotopic (exact) mass is 320 g/mol. The summed E-state index contributed by atoms with van der Waals surface area (Å²) < 4.78 is 5.13. The summed E-state index contributed by atoms with van der Waals surface area (Å²) in [6.45, 7) is 0.368. The molecule has 0 saturated heterocycles. The van der Waals surface area contributed by atoms with Crippen molar-refractivity contribution in [3.05, 3.63) is 59.9 Å². The molecule has 0 fully saturated rings. The van der Waals surface area contributed by atoms with Crippen molar-refractivity contribution in [1.29, 1.82) is 0 Å². The Balaban J connectivity index is 1.53. The Morgan fingerprint density at radius 3 is 2.92 bits per heavy atom. The second-order valence-electron chi connectivity index (χ2n) is 5.40. The molecule has 2 heterocycles. The molecule has 3 aromatic rings. The summed E-state index contributed by atoms with van der Waals surface area (Å²) in [5.74, 6) is 0.169. The van der Waals surface area contributed by atoms with E-state index in [0.717, 1.165) is 11.1 Å². The summed E-state index contributed by atoms with van der Waals surface area (Å²) in [6.07, 6.45) is 0. The second-order valence-corrected chi connectivity index (χ2v) is 5.40. The fourth-order valence-electron chi connectivity index (χ4n) is 2.56. The van der Waals surface area contributed by atoms with Crippen LogP contribution in [0.4, 0.5) is 5.69 Å². The molecule has 1 amide bonds. The Morgan fingerprint density at radius 1 is 1.25 bits per heavy atom. The Bertz CT molecular complexity index is 897. The molecule has 1 aliphatic rings. The Kier molecular flexibility index (Phi) is 3.60. The number of nitrogens with one attached hydrogen (secondary N) is 2. The van der Waals surface area contributed by atoms with E-state index in [1.165, 1.54) is 0 Å². The number of carbonyl (C=O) groups is 1. The molecular formula is C16H13BN4O3. The van der Waals surface area contributed by atoms with Crippen LogP contribution in [-0.2, 0) is 11.3 Å². The van der Waals surface area contributed by atoms with Gasteiger partial charge in [-0.3, -0.25) is 9.89 Å². The van der Waals surface area contributed by atoms with Gasteiger partial charge in [-0.15, -0.1) is 0 Å². The van der Waals surface area contributed by atoms with E-state index < -0.39 is 13.0 Å². The Hall–Kier alpha value is -2.97. The Labute approximate surface area is 137 Å². The lowest BCUT2D eigenvalue weighted by atomic mass is 9.79. The van der Waals surface area contributed by atoms with E-state index in [9.17, 15) is 9.82 Å². The molecule has 0 unspecified atom stereocenters. The fraction of sp³-hybridized carbons (Fsp3) is 0.0625. The molecule has 8 heteroatoms. The van der Waals surface area contributed by atoms with Gasteiger partial charge in [0.15, 0.2) is 5.82 Å². The lowest BCUT2D eigenvalue weighted by molar-refractivity contribution is 0.101. The van der Waals surface area contributed by atoms with Gasteiger partial charge in [-0.1, -0.05) is 36.4 Å². The first kappa shape index (κ1) is 14.6. The van der Waals surface area contributed by atoms with Gasteiger partial charge in [0.05, 0.1) is 6.61 Å². The molecule has 0 spiro atoms. The van der Waals surface area contributed by atoms with E-state index in [4.69, 9.17) is 4.65 Å². The van der Waals surface area contributed by atoms with Gasteiger partial charge in [0.2, 0.25) is 5.82 Å². The van der Waals surface area contributed by atoms with Crippen molar-refractivity contribution in [3.63, 3.8) is 0 Å². The fourth-order valence-corrected chi connectivity index (χ4v) is 2.56. The van der Waals surface area contributed by atoms with Crippen LogP contribution < -0.4 is 10.8 Å². The normalized spacial score (nSPS) is 13.0. The maximum absolute atomic E-state index is 12.3. The highest BCUT2D eigenvalue weighted by Crippen LogP contribution is 2.16. The largest absolute Gasteiger partial charge is 0.491 e. The van der Waals surface area contributed by atoms with Crippen molar-refractivity contribution in [3.8, 4) is 11.4 Å². The van der Waals surface area contributed by atoms with E-state index in [-0.39, 0.29) is 5.82 Å². The number of carbonyl (C=O) groups excluding carboxylic acids is 1. The molecule has 7 nitrogen and oxygen atoms in total. The van der Waals surface area contributed by atoms with Crippen LogP contribution in [0.25, 0.3) is 11.4 Å². The van der Waals surface area contributed by atoms with E-state index >= 15 is 0 Å². The van der Waals surface area contributed by atoms with E-state index in [1.54, 1.807) is 12.1 Å². The van der Waals surface area contributed by atoms with Crippen molar-refractivity contribution in [2.24, 2.45) is 0 Å². The van der Waals surface area contributed by atoms with E-state index in [1.807, 2.05) is 36.4 Å². The van der Waals surface area contributed by atoms with Crippen LogP contribution >= 0.6 is 0 Å². The number of rotatable bonds is 3. The summed E-state index contributed by atoms with van der Waals surface area (Å²) in [6, 6.07) is 14.7. The molecule has 24 heavy (non-hydrogen) atoms. The highest BCUT2D eigenvalue weighted by molar-refractivity contribution is 6.61. The number of nitrogens with zero attached hydrogens (tertiary/aromatic N) is 2. The number of anilines is 1. The molecule has 1 aromatic heterocycles. The second kappa shape index (κ2) is 5.91. The van der Waals surface area contributed by atoms with Gasteiger partial charge in [-0.2, -0.15) is 5.10 Å². The molecule has 4 rings (SSSR count). The van der Waals surface area contributed by atoms with Crippen LogP contribution in [-0.4, -0.2) is 33.2 Å². The molecule has 118 valence electrons. The Morgan fingerprint density at radius 2 is 2.08 bits per heavy atom. The summed E-state index contributed by atoms with van der Waals surface area (Å²) in [5.41, 5.74) is 2.95. The summed E-state index contributed by atoms with van der Waals surface area (Å²) >= 11 is 0. The number of hydrogen-bond acceptors (Lipinski definition) is 5. The van der Waals surface area contributed by atoms with E-state index in [2.05, 4.69) is 20.5 Å². The molecular weight excluding hydrogens is 307 g/mol. The van der Waals surface area contributed by atoms with Gasteiger partial charge in [-0.25, -0.2) is 4.98 Å². The maximum atomic E-state index is 12.3. The van der Waals surface area contributed by atoms with E-state index in [0.29, 0.717) is 23.6 Å². The topological polar surface area (TPSA) is 100 Å². The van der Waals surface area contributed by atoms with Gasteiger partial charge in [0.1, 0.15) is 0 Å². The quantitative estimate of drug-likeness (QED) is 0.624. The number of aromatic nitrogens is 3. The van der Waals surface area contributed by atoms with Gasteiger partial charge in [-0.05, 0) is 23.2 Å². The zero-order valence-electron chi connectivity index (χ0n) is 12.6. The van der Waals surface area contributed by atoms with Crippen molar-refractivity contribution >= 4 is 24.2 Å². The van der Waals surface area contributed by atoms with Crippen LogP contribution in [0.15, 0.2) is 48.5 Å². The molecule has 2 aromatic carbocycles. The third kappa shape index (κ3) is 2.68. The van der Waals surface area contributed by atoms with Crippen LogP contribution in [0.2, 0.25) is 0 Å². The number of amides is 1. The number of benzene rings is 2. The van der Waals surface area contributed by atoms with Crippen molar-refractivity contribution < 1.29 is 14.5 Å². The molecule has 0 aliphatic carbocycles. The molecule has 1 aliphatic heterocycles. The minimum Gasteiger partial charge on any atom is -0.423 e. The molecule has 0 saturated carbocycles.